The van der Waals surface area contributed by atoms with Gasteiger partial charge in [-0.2, -0.15) is 0 Å². The Labute approximate surface area is 212 Å². The highest BCUT2D eigenvalue weighted by molar-refractivity contribution is 8.00. The van der Waals surface area contributed by atoms with Crippen LogP contribution in [0.2, 0.25) is 0 Å². The molecule has 0 bridgehead atoms. The number of esters is 1. The average molecular weight is 506 g/mol. The van der Waals surface area contributed by atoms with E-state index in [1.54, 1.807) is 31.2 Å². The largest absolute Gasteiger partial charge is 0.462 e. The number of thiocarbonyl (C=S) groups is 1. The summed E-state index contributed by atoms with van der Waals surface area (Å²) >= 11 is 6.69. The molecule has 1 heterocycles. The Morgan fingerprint density at radius 1 is 0.971 bits per heavy atom. The molecule has 0 radical (unpaired) electrons. The van der Waals surface area contributed by atoms with Crippen molar-refractivity contribution in [2.75, 3.05) is 22.1 Å². The second kappa shape index (κ2) is 11.2. The number of ether oxygens (including phenoxy) is 1. The molecule has 9 heteroatoms. The molecule has 2 amide bonds. The molecule has 1 aliphatic rings. The van der Waals surface area contributed by atoms with Crippen molar-refractivity contribution >= 4 is 63.9 Å². The lowest BCUT2D eigenvalue weighted by Gasteiger charge is -2.15. The Balaban J connectivity index is 1.35. The fourth-order valence-electron chi connectivity index (χ4n) is 3.52. The van der Waals surface area contributed by atoms with Gasteiger partial charge in [0, 0.05) is 22.7 Å². The zero-order valence-electron chi connectivity index (χ0n) is 18.9. The summed E-state index contributed by atoms with van der Waals surface area (Å²) in [5.74, 6) is -0.993. The summed E-state index contributed by atoms with van der Waals surface area (Å²) in [5.41, 5.74) is 2.50. The highest BCUT2D eigenvalue weighted by Gasteiger charge is 2.40. The lowest BCUT2D eigenvalue weighted by atomic mass is 10.2. The summed E-state index contributed by atoms with van der Waals surface area (Å²) in [7, 11) is 0. The minimum absolute atomic E-state index is 0.105. The first kappa shape index (κ1) is 24.4. The van der Waals surface area contributed by atoms with Crippen molar-refractivity contribution in [1.29, 1.82) is 0 Å². The number of rotatable bonds is 7. The third-order valence-corrected chi connectivity index (χ3v) is 6.57. The Morgan fingerprint density at radius 2 is 1.60 bits per heavy atom. The van der Waals surface area contributed by atoms with E-state index in [2.05, 4.69) is 10.6 Å². The van der Waals surface area contributed by atoms with Crippen LogP contribution in [0.1, 0.15) is 23.7 Å². The Kier molecular flexibility index (Phi) is 7.79. The Hall–Kier alpha value is -3.69. The summed E-state index contributed by atoms with van der Waals surface area (Å²) in [5, 5.41) is 6.19. The van der Waals surface area contributed by atoms with E-state index < -0.39 is 11.2 Å². The number of nitrogens with zero attached hydrogens (tertiary/aromatic N) is 1. The number of hydrogen-bond donors (Lipinski definition) is 2. The maximum Gasteiger partial charge on any atom is 0.338 e. The van der Waals surface area contributed by atoms with E-state index in [9.17, 15) is 14.4 Å². The van der Waals surface area contributed by atoms with E-state index in [4.69, 9.17) is 17.0 Å². The van der Waals surface area contributed by atoms with Crippen molar-refractivity contribution in [3.63, 3.8) is 0 Å². The van der Waals surface area contributed by atoms with Crippen molar-refractivity contribution in [2.45, 2.75) is 23.5 Å². The molecular weight excluding hydrogens is 482 g/mol. The number of amides is 2. The predicted molar refractivity (Wildman–Crippen MR) is 142 cm³/mol. The summed E-state index contributed by atoms with van der Waals surface area (Å²) < 4.78 is 4.97. The van der Waals surface area contributed by atoms with Gasteiger partial charge in [0.15, 0.2) is 5.11 Å². The molecule has 1 fully saturated rings. The first-order valence-corrected chi connectivity index (χ1v) is 12.3. The van der Waals surface area contributed by atoms with Gasteiger partial charge >= 0.3 is 5.97 Å². The molecule has 1 saturated heterocycles. The van der Waals surface area contributed by atoms with Crippen LogP contribution >= 0.6 is 24.0 Å². The first-order chi connectivity index (χ1) is 16.9. The number of nitrogens with one attached hydrogen (secondary N) is 2. The third kappa shape index (κ3) is 6.06. The predicted octanol–water partition coefficient (Wildman–Crippen LogP) is 5.10. The van der Waals surface area contributed by atoms with E-state index >= 15 is 0 Å². The molecule has 0 unspecified atom stereocenters. The van der Waals surface area contributed by atoms with E-state index in [0.717, 1.165) is 16.3 Å². The molecule has 3 aromatic carbocycles. The van der Waals surface area contributed by atoms with Crippen LogP contribution in [0.4, 0.5) is 17.1 Å². The van der Waals surface area contributed by atoms with E-state index in [-0.39, 0.29) is 24.8 Å². The van der Waals surface area contributed by atoms with Crippen molar-refractivity contribution in [1.82, 2.24) is 0 Å². The number of imide groups is 1. The highest BCUT2D eigenvalue weighted by Crippen LogP contribution is 2.34. The van der Waals surface area contributed by atoms with Gasteiger partial charge in [-0.1, -0.05) is 18.2 Å². The summed E-state index contributed by atoms with van der Waals surface area (Å²) in [6, 6.07) is 23.4. The summed E-state index contributed by atoms with van der Waals surface area (Å²) in [4.78, 5) is 39.5. The van der Waals surface area contributed by atoms with Crippen molar-refractivity contribution in [3.8, 4) is 0 Å². The number of carbonyl (C=O) groups is 3. The summed E-state index contributed by atoms with van der Waals surface area (Å²) in [6.45, 7) is 2.00. The van der Waals surface area contributed by atoms with Crippen molar-refractivity contribution in [2.24, 2.45) is 0 Å². The monoisotopic (exact) mass is 505 g/mol. The topological polar surface area (TPSA) is 87.7 Å². The molecule has 178 valence electrons. The molecule has 0 saturated carbocycles. The number of benzene rings is 3. The SMILES string of the molecule is CCOC(=O)c1ccc(N2C(=O)C[C@H](Sc3ccc(NC(=S)Nc4ccccc4)cc3)C2=O)cc1. The van der Waals surface area contributed by atoms with Crippen LogP contribution in [0.15, 0.2) is 83.8 Å². The van der Waals surface area contributed by atoms with Gasteiger partial charge in [0.05, 0.1) is 23.1 Å². The van der Waals surface area contributed by atoms with Crippen LogP contribution in [0.3, 0.4) is 0 Å². The Bertz CT molecular complexity index is 1230. The fourth-order valence-corrected chi connectivity index (χ4v) is 4.81. The van der Waals surface area contributed by atoms with Gasteiger partial charge in [-0.15, -0.1) is 11.8 Å². The Morgan fingerprint density at radius 3 is 2.23 bits per heavy atom. The maximum absolute atomic E-state index is 13.0. The molecule has 3 aromatic rings. The van der Waals surface area contributed by atoms with E-state index in [1.807, 2.05) is 54.6 Å². The van der Waals surface area contributed by atoms with Crippen molar-refractivity contribution in [3.05, 3.63) is 84.4 Å². The molecule has 0 spiro atoms. The van der Waals surface area contributed by atoms with Gasteiger partial charge in [0.25, 0.3) is 0 Å². The lowest BCUT2D eigenvalue weighted by Crippen LogP contribution is -2.31. The molecule has 4 rings (SSSR count). The maximum atomic E-state index is 13.0. The molecule has 2 N–H and O–H groups in total. The molecule has 35 heavy (non-hydrogen) atoms. The minimum Gasteiger partial charge on any atom is -0.462 e. The van der Waals surface area contributed by atoms with Gasteiger partial charge in [-0.25, -0.2) is 9.69 Å². The van der Waals surface area contributed by atoms with E-state index in [1.165, 1.54) is 16.7 Å². The highest BCUT2D eigenvalue weighted by atomic mass is 32.2. The normalized spacial score (nSPS) is 15.1. The zero-order chi connectivity index (χ0) is 24.8. The molecular formula is C26H23N3O4S2. The number of carbonyl (C=O) groups excluding carboxylic acids is 3. The number of anilines is 3. The van der Waals surface area contributed by atoms with Crippen LogP contribution in [0.5, 0.6) is 0 Å². The van der Waals surface area contributed by atoms with Crippen LogP contribution in [-0.4, -0.2) is 34.8 Å². The van der Waals surface area contributed by atoms with Gasteiger partial charge in [0.1, 0.15) is 0 Å². The minimum atomic E-state index is -0.521. The zero-order valence-corrected chi connectivity index (χ0v) is 20.5. The number of thioether (sulfide) groups is 1. The van der Waals surface area contributed by atoms with Gasteiger partial charge in [0.2, 0.25) is 11.8 Å². The second-order valence-electron chi connectivity index (χ2n) is 7.61. The average Bonchev–Trinajstić information content (AvgIpc) is 3.13. The van der Waals surface area contributed by atoms with Gasteiger partial charge < -0.3 is 15.4 Å². The molecule has 0 aliphatic carbocycles. The van der Waals surface area contributed by atoms with Gasteiger partial charge in [-0.05, 0) is 79.8 Å². The van der Waals surface area contributed by atoms with Crippen molar-refractivity contribution < 1.29 is 19.1 Å². The number of para-hydroxylation sites is 1. The molecule has 0 aromatic heterocycles. The van der Waals surface area contributed by atoms with Crippen LogP contribution in [-0.2, 0) is 14.3 Å². The molecule has 1 atom stereocenters. The number of hydrogen-bond acceptors (Lipinski definition) is 6. The molecule has 7 nitrogen and oxygen atoms in total. The molecule has 1 aliphatic heterocycles. The lowest BCUT2D eigenvalue weighted by molar-refractivity contribution is -0.121. The summed E-state index contributed by atoms with van der Waals surface area (Å²) in [6.07, 6.45) is 0.105. The fraction of sp³-hybridized carbons (Fsp3) is 0.154. The van der Waals surface area contributed by atoms with Crippen LogP contribution < -0.4 is 15.5 Å². The second-order valence-corrected chi connectivity index (χ2v) is 9.30. The standard InChI is InChI=1S/C26H23N3O4S2/c1-2-33-25(32)17-8-12-20(13-9-17)29-23(30)16-22(24(29)31)35-21-14-10-19(11-15-21)28-26(34)27-18-6-4-3-5-7-18/h3-15,22H,2,16H2,1H3,(H2,27,28,34)/t22-/m0/s1. The smallest absolute Gasteiger partial charge is 0.338 e. The quantitative estimate of drug-likeness (QED) is 0.261. The third-order valence-electron chi connectivity index (χ3n) is 5.16. The first-order valence-electron chi connectivity index (χ1n) is 11.0. The van der Waals surface area contributed by atoms with E-state index in [0.29, 0.717) is 16.4 Å². The van der Waals surface area contributed by atoms with Crippen LogP contribution in [0, 0.1) is 0 Å². The van der Waals surface area contributed by atoms with Gasteiger partial charge in [-0.3, -0.25) is 9.59 Å². The van der Waals surface area contributed by atoms with Crippen LogP contribution in [0.25, 0.3) is 0 Å².